The Balaban J connectivity index is 1.70. The molecule has 0 unspecified atom stereocenters. The fourth-order valence-corrected chi connectivity index (χ4v) is 5.96. The third-order valence-corrected chi connectivity index (χ3v) is 8.29. The highest BCUT2D eigenvalue weighted by atomic mass is 35.5. The number of nitrogens with zero attached hydrogens (tertiary/aromatic N) is 3. The number of hydrogen-bond donors (Lipinski definition) is 0. The van der Waals surface area contributed by atoms with E-state index in [0.717, 1.165) is 5.75 Å². The van der Waals surface area contributed by atoms with E-state index in [2.05, 4.69) is 4.99 Å². The molecule has 0 aliphatic carbocycles. The summed E-state index contributed by atoms with van der Waals surface area (Å²) in [5.74, 6) is 0.430. The molecule has 2 aliphatic heterocycles. The highest BCUT2D eigenvalue weighted by Crippen LogP contribution is 2.29. The van der Waals surface area contributed by atoms with E-state index in [0.29, 0.717) is 42.2 Å². The van der Waals surface area contributed by atoms with Gasteiger partial charge in [0, 0.05) is 29.4 Å². The van der Waals surface area contributed by atoms with Crippen molar-refractivity contribution in [3.63, 3.8) is 0 Å². The molecule has 0 N–H and O–H groups in total. The van der Waals surface area contributed by atoms with Crippen molar-refractivity contribution in [3.8, 4) is 0 Å². The highest BCUT2D eigenvalue weighted by Gasteiger charge is 2.30. The molecular weight excluding hydrogens is 458 g/mol. The van der Waals surface area contributed by atoms with Crippen molar-refractivity contribution in [2.45, 2.75) is 17.9 Å². The number of benzene rings is 2. The fourth-order valence-electron chi connectivity index (χ4n) is 3.34. The van der Waals surface area contributed by atoms with Crippen molar-refractivity contribution in [3.05, 3.63) is 59.1 Å². The lowest BCUT2D eigenvalue weighted by Crippen LogP contribution is -2.40. The summed E-state index contributed by atoms with van der Waals surface area (Å²) in [5.41, 5.74) is 0.892. The predicted octanol–water partition coefficient (Wildman–Crippen LogP) is 3.50. The maximum Gasteiger partial charge on any atom is 0.264 e. The molecule has 0 spiro atoms. The second-order valence-electron chi connectivity index (χ2n) is 7.23. The molecule has 10 heteroatoms. The van der Waals surface area contributed by atoms with Crippen LogP contribution in [0.5, 0.6) is 0 Å². The predicted molar refractivity (Wildman–Crippen MR) is 124 cm³/mol. The zero-order chi connectivity index (χ0) is 22.0. The monoisotopic (exact) mass is 479 g/mol. The fraction of sp³-hybridized carbons (Fsp3) is 0.333. The highest BCUT2D eigenvalue weighted by molar-refractivity contribution is 8.14. The second-order valence-corrected chi connectivity index (χ2v) is 10.6. The van der Waals surface area contributed by atoms with Gasteiger partial charge in [0.05, 0.1) is 29.8 Å². The van der Waals surface area contributed by atoms with Crippen molar-refractivity contribution in [2.24, 2.45) is 4.99 Å². The van der Waals surface area contributed by atoms with Crippen molar-refractivity contribution >= 4 is 50.1 Å². The Labute approximate surface area is 191 Å². The molecule has 7 nitrogen and oxygen atoms in total. The summed E-state index contributed by atoms with van der Waals surface area (Å²) < 4.78 is 32.7. The molecule has 1 fully saturated rings. The van der Waals surface area contributed by atoms with Crippen LogP contribution in [0.15, 0.2) is 58.4 Å². The van der Waals surface area contributed by atoms with Gasteiger partial charge in [-0.1, -0.05) is 29.4 Å². The first kappa shape index (κ1) is 22.3. The molecule has 2 aromatic carbocycles. The van der Waals surface area contributed by atoms with E-state index in [4.69, 9.17) is 16.3 Å². The third kappa shape index (κ3) is 4.80. The van der Waals surface area contributed by atoms with Gasteiger partial charge in [-0.05, 0) is 49.4 Å². The number of ether oxygens (including phenoxy) is 1. The van der Waals surface area contributed by atoms with Gasteiger partial charge in [0.15, 0.2) is 5.17 Å². The summed E-state index contributed by atoms with van der Waals surface area (Å²) >= 11 is 7.52. The lowest BCUT2D eigenvalue weighted by atomic mass is 10.2. The van der Waals surface area contributed by atoms with Gasteiger partial charge in [0.1, 0.15) is 0 Å². The summed E-state index contributed by atoms with van der Waals surface area (Å²) in [6.07, 6.45) is 0. The van der Waals surface area contributed by atoms with Gasteiger partial charge < -0.3 is 4.74 Å². The molecule has 2 aromatic rings. The van der Waals surface area contributed by atoms with Crippen molar-refractivity contribution in [1.82, 2.24) is 4.31 Å². The van der Waals surface area contributed by atoms with Crippen LogP contribution in [0.4, 0.5) is 5.69 Å². The molecular formula is C21H22ClN3O4S2. The standard InChI is InChI=1S/C21H22ClN3O4S2/c1-15-14-30-21(23-15)25(18-7-5-17(22)6-8-18)20(26)16-3-2-4-19(13-16)31(27,28)24-9-11-29-12-10-24/h2-8,13,15H,9-12,14H2,1H3/t15-/m1/s1. The molecule has 1 saturated heterocycles. The molecule has 1 atom stereocenters. The lowest BCUT2D eigenvalue weighted by Gasteiger charge is -2.26. The lowest BCUT2D eigenvalue weighted by molar-refractivity contribution is 0.0730. The summed E-state index contributed by atoms with van der Waals surface area (Å²) in [5, 5.41) is 1.14. The molecule has 4 rings (SSSR count). The summed E-state index contributed by atoms with van der Waals surface area (Å²) in [4.78, 5) is 19.7. The molecule has 0 aromatic heterocycles. The van der Waals surface area contributed by atoms with Gasteiger partial charge in [0.2, 0.25) is 10.0 Å². The maximum atomic E-state index is 13.5. The quantitative estimate of drug-likeness (QED) is 0.670. The van der Waals surface area contributed by atoms with Crippen LogP contribution in [-0.4, -0.2) is 61.9 Å². The largest absolute Gasteiger partial charge is 0.379 e. The number of sulfonamides is 1. The Kier molecular flexibility index (Phi) is 6.68. The average Bonchev–Trinajstić information content (AvgIpc) is 3.21. The Morgan fingerprint density at radius 1 is 1.19 bits per heavy atom. The number of carbonyl (C=O) groups is 1. The van der Waals surface area contributed by atoms with E-state index in [9.17, 15) is 13.2 Å². The minimum atomic E-state index is -3.71. The number of aliphatic imine (C=N–C) groups is 1. The average molecular weight is 480 g/mol. The van der Waals surface area contributed by atoms with Gasteiger partial charge in [-0.25, -0.2) is 8.42 Å². The Hall–Kier alpha value is -1.91. The van der Waals surface area contributed by atoms with Gasteiger partial charge in [-0.3, -0.25) is 14.7 Å². The minimum absolute atomic E-state index is 0.0886. The number of halogens is 1. The van der Waals surface area contributed by atoms with E-state index in [1.165, 1.54) is 33.1 Å². The van der Waals surface area contributed by atoms with Gasteiger partial charge in [-0.2, -0.15) is 4.31 Å². The van der Waals surface area contributed by atoms with Crippen molar-refractivity contribution in [1.29, 1.82) is 0 Å². The SMILES string of the molecule is C[C@@H]1CSC(N(C(=O)c2cccc(S(=O)(=O)N3CCOCC3)c2)c2ccc(Cl)cc2)=N1. The van der Waals surface area contributed by atoms with Gasteiger partial charge >= 0.3 is 0 Å². The maximum absolute atomic E-state index is 13.5. The molecule has 0 bridgehead atoms. The zero-order valence-electron chi connectivity index (χ0n) is 16.9. The number of amides is 1. The molecule has 1 amide bonds. The smallest absolute Gasteiger partial charge is 0.264 e. The molecule has 2 aliphatic rings. The Bertz CT molecular complexity index is 1100. The van der Waals surface area contributed by atoms with E-state index in [1.807, 2.05) is 6.92 Å². The normalized spacial score (nSPS) is 19.8. The number of rotatable bonds is 4. The second kappa shape index (κ2) is 9.30. The van der Waals surface area contributed by atoms with Crippen LogP contribution < -0.4 is 4.90 Å². The minimum Gasteiger partial charge on any atom is -0.379 e. The van der Waals surface area contributed by atoms with E-state index >= 15 is 0 Å². The van der Waals surface area contributed by atoms with Crippen LogP contribution in [0, 0.1) is 0 Å². The van der Waals surface area contributed by atoms with Gasteiger partial charge in [-0.15, -0.1) is 0 Å². The van der Waals surface area contributed by atoms with Crippen LogP contribution in [0.25, 0.3) is 0 Å². The number of hydrogen-bond acceptors (Lipinski definition) is 6. The van der Waals surface area contributed by atoms with Gasteiger partial charge in [0.25, 0.3) is 5.91 Å². The topological polar surface area (TPSA) is 79.3 Å². The Morgan fingerprint density at radius 2 is 1.90 bits per heavy atom. The third-order valence-electron chi connectivity index (χ3n) is 4.95. The number of thioether (sulfide) groups is 1. The molecule has 164 valence electrons. The number of morpholine rings is 1. The first-order valence-electron chi connectivity index (χ1n) is 9.85. The van der Waals surface area contributed by atoms with Crippen molar-refractivity contribution < 1.29 is 17.9 Å². The molecule has 31 heavy (non-hydrogen) atoms. The van der Waals surface area contributed by atoms with E-state index < -0.39 is 10.0 Å². The summed E-state index contributed by atoms with van der Waals surface area (Å²) in [6, 6.07) is 13.2. The van der Waals surface area contributed by atoms with Crippen LogP contribution >= 0.6 is 23.4 Å². The van der Waals surface area contributed by atoms with Crippen LogP contribution in [0.1, 0.15) is 17.3 Å². The number of anilines is 1. The summed E-state index contributed by atoms with van der Waals surface area (Å²) in [6.45, 7) is 3.29. The molecule has 2 heterocycles. The van der Waals surface area contributed by atoms with Crippen LogP contribution in [-0.2, 0) is 14.8 Å². The zero-order valence-corrected chi connectivity index (χ0v) is 19.3. The van der Waals surface area contributed by atoms with Crippen LogP contribution in [0.3, 0.4) is 0 Å². The van der Waals surface area contributed by atoms with E-state index in [1.54, 1.807) is 36.4 Å². The first-order valence-corrected chi connectivity index (χ1v) is 12.7. The van der Waals surface area contributed by atoms with Crippen molar-refractivity contribution in [2.75, 3.05) is 37.0 Å². The Morgan fingerprint density at radius 3 is 2.55 bits per heavy atom. The number of amidine groups is 1. The molecule has 0 saturated carbocycles. The molecule has 0 radical (unpaired) electrons. The number of carbonyl (C=O) groups excluding carboxylic acids is 1. The van der Waals surface area contributed by atoms with Crippen LogP contribution in [0.2, 0.25) is 5.02 Å². The first-order chi connectivity index (χ1) is 14.9. The summed E-state index contributed by atoms with van der Waals surface area (Å²) in [7, 11) is -3.71. The van der Waals surface area contributed by atoms with E-state index in [-0.39, 0.29) is 22.4 Å².